The molecule has 6 rings (SSSR count). The highest BCUT2D eigenvalue weighted by Crippen LogP contribution is 2.35. The third-order valence-corrected chi connectivity index (χ3v) is 12.1. The number of aryl methyl sites for hydroxylation is 1. The Morgan fingerprint density at radius 3 is 1.98 bits per heavy atom. The molecule has 48 heavy (non-hydrogen) atoms. The van der Waals surface area contributed by atoms with Crippen LogP contribution in [-0.2, 0) is 26.9 Å². The second kappa shape index (κ2) is 13.8. The Morgan fingerprint density at radius 2 is 1.40 bits per heavy atom. The Hall–Kier alpha value is -3.49. The quantitative estimate of drug-likeness (QED) is 0.265. The van der Waals surface area contributed by atoms with Crippen LogP contribution in [0.1, 0.15) is 13.8 Å². The van der Waals surface area contributed by atoms with Crippen LogP contribution in [0.15, 0.2) is 65.6 Å². The molecule has 0 bridgehead atoms. The Morgan fingerprint density at radius 1 is 0.771 bits per heavy atom. The molecule has 0 radical (unpaired) electrons. The normalized spacial score (nSPS) is 17.4. The first kappa shape index (κ1) is 34.4. The number of nitrogens with zero attached hydrogens (tertiary/aromatic N) is 6. The molecule has 2 aliphatic rings. The summed E-state index contributed by atoms with van der Waals surface area (Å²) in [6, 6.07) is 20.6. The number of aromatic nitrogens is 2. The summed E-state index contributed by atoms with van der Waals surface area (Å²) in [5.74, 6) is 0.748. The largest absolute Gasteiger partial charge is 0.382 e. The van der Waals surface area contributed by atoms with E-state index in [1.807, 2.05) is 19.2 Å². The van der Waals surface area contributed by atoms with E-state index in [2.05, 4.69) is 74.8 Å². The molecule has 2 aliphatic heterocycles. The van der Waals surface area contributed by atoms with Crippen molar-refractivity contribution in [2.24, 2.45) is 7.05 Å². The van der Waals surface area contributed by atoms with Gasteiger partial charge in [-0.05, 0) is 73.5 Å². The molecule has 0 atom stereocenters. The maximum absolute atomic E-state index is 12.1. The van der Waals surface area contributed by atoms with Gasteiger partial charge in [0.25, 0.3) is 0 Å². The predicted octanol–water partition coefficient (Wildman–Crippen LogP) is 3.83. The fourth-order valence-corrected chi connectivity index (χ4v) is 8.15. The number of sulfone groups is 1. The van der Waals surface area contributed by atoms with E-state index in [4.69, 9.17) is 4.98 Å². The van der Waals surface area contributed by atoms with Crippen molar-refractivity contribution >= 4 is 42.3 Å². The van der Waals surface area contributed by atoms with Gasteiger partial charge in [-0.2, -0.15) is 4.31 Å². The summed E-state index contributed by atoms with van der Waals surface area (Å²) >= 11 is 0. The molecule has 3 aromatic carbocycles. The van der Waals surface area contributed by atoms with Gasteiger partial charge >= 0.3 is 0 Å². The molecule has 13 heteroatoms. The van der Waals surface area contributed by atoms with E-state index in [0.29, 0.717) is 38.8 Å². The fourth-order valence-electron chi connectivity index (χ4n) is 6.69. The molecule has 2 fully saturated rings. The summed E-state index contributed by atoms with van der Waals surface area (Å²) in [4.78, 5) is 12.6. The van der Waals surface area contributed by atoms with Gasteiger partial charge in [-0.15, -0.1) is 0 Å². The third-order valence-electron chi connectivity index (χ3n) is 9.68. The molecule has 2 saturated heterocycles. The van der Waals surface area contributed by atoms with Gasteiger partial charge in [-0.25, -0.2) is 21.8 Å². The Balaban J connectivity index is 1.27. The minimum atomic E-state index is -3.30. The van der Waals surface area contributed by atoms with E-state index in [-0.39, 0.29) is 4.90 Å². The molecule has 1 aromatic heterocycles. The second-order valence-corrected chi connectivity index (χ2v) is 17.3. The van der Waals surface area contributed by atoms with Crippen LogP contribution < -0.4 is 10.2 Å². The van der Waals surface area contributed by atoms with E-state index in [1.165, 1.54) is 18.2 Å². The summed E-state index contributed by atoms with van der Waals surface area (Å²) in [5.41, 5.74) is 6.97. The molecule has 4 aromatic rings. The second-order valence-electron chi connectivity index (χ2n) is 13.3. The van der Waals surface area contributed by atoms with E-state index in [1.54, 1.807) is 16.4 Å². The van der Waals surface area contributed by atoms with Crippen LogP contribution in [-0.4, -0.2) is 124 Å². The minimum Gasteiger partial charge on any atom is -0.382 e. The lowest BCUT2D eigenvalue weighted by Crippen LogP contribution is -2.49. The van der Waals surface area contributed by atoms with E-state index in [0.717, 1.165) is 72.0 Å². The zero-order chi connectivity index (χ0) is 34.2. The van der Waals surface area contributed by atoms with Crippen molar-refractivity contribution < 1.29 is 16.8 Å². The average molecular weight is 694 g/mol. The minimum absolute atomic E-state index is 0.275. The fraction of sp³-hybridized carbons (Fsp3) is 0.457. The lowest BCUT2D eigenvalue weighted by atomic mass is 10.0. The van der Waals surface area contributed by atoms with E-state index < -0.39 is 19.9 Å². The number of hydrogen-bond acceptors (Lipinski definition) is 9. The smallest absolute Gasteiger partial charge is 0.211 e. The number of rotatable bonds is 10. The van der Waals surface area contributed by atoms with Gasteiger partial charge in [0.15, 0.2) is 9.84 Å². The lowest BCUT2D eigenvalue weighted by Gasteiger charge is -2.38. The van der Waals surface area contributed by atoms with Crippen LogP contribution in [0, 0.1) is 0 Å². The van der Waals surface area contributed by atoms with Gasteiger partial charge < -0.3 is 14.8 Å². The standard InChI is InChI=1S/C35H47N7O4S2/c1-26(2)40-18-20-41(21-19-40)30-10-6-27(7-11-30)29-24-32(36-14-15-39-16-22-42(23-17-39)48(5,45)46)34-33(25-29)38(3)35(37-34)28-8-12-31(13-9-28)47(4,43)44/h6-13,24-26,36H,14-23H2,1-5H3. The highest BCUT2D eigenvalue weighted by atomic mass is 32.2. The van der Waals surface area contributed by atoms with Gasteiger partial charge in [0.05, 0.1) is 22.4 Å². The molecule has 3 heterocycles. The van der Waals surface area contributed by atoms with E-state index in [9.17, 15) is 16.8 Å². The topological polar surface area (TPSA) is 111 Å². The number of piperazine rings is 2. The maximum Gasteiger partial charge on any atom is 0.211 e. The molecule has 1 N–H and O–H groups in total. The SMILES string of the molecule is CC(C)N1CCN(c2ccc(-c3cc(NCCN4CCN(S(C)(=O)=O)CC4)c4nc(-c5ccc(S(C)(=O)=O)cc5)n(C)c4c3)cc2)CC1. The van der Waals surface area contributed by atoms with Gasteiger partial charge in [0.1, 0.15) is 11.3 Å². The number of anilines is 2. The summed E-state index contributed by atoms with van der Waals surface area (Å²) in [5, 5.41) is 3.64. The highest BCUT2D eigenvalue weighted by Gasteiger charge is 2.24. The lowest BCUT2D eigenvalue weighted by molar-refractivity contribution is 0.195. The molecule has 11 nitrogen and oxygen atoms in total. The molecule has 0 aliphatic carbocycles. The number of nitrogens with one attached hydrogen (secondary N) is 1. The van der Waals surface area contributed by atoms with Crippen LogP contribution in [0.2, 0.25) is 0 Å². The highest BCUT2D eigenvalue weighted by molar-refractivity contribution is 7.90. The molecular formula is C35H47N7O4S2. The monoisotopic (exact) mass is 693 g/mol. The third kappa shape index (κ3) is 7.55. The summed E-state index contributed by atoms with van der Waals surface area (Å²) in [6.45, 7) is 12.5. The number of fused-ring (bicyclic) bond motifs is 1. The molecular weight excluding hydrogens is 647 g/mol. The van der Waals surface area contributed by atoms with Crippen LogP contribution in [0.3, 0.4) is 0 Å². The summed E-state index contributed by atoms with van der Waals surface area (Å²) in [6.07, 6.45) is 2.48. The predicted molar refractivity (Wildman–Crippen MR) is 195 cm³/mol. The molecule has 0 amide bonds. The van der Waals surface area contributed by atoms with Crippen molar-refractivity contribution in [2.45, 2.75) is 24.8 Å². The Labute approximate surface area is 285 Å². The Kier molecular flexibility index (Phi) is 9.88. The van der Waals surface area contributed by atoms with Crippen molar-refractivity contribution in [1.82, 2.24) is 23.7 Å². The van der Waals surface area contributed by atoms with Crippen molar-refractivity contribution in [3.63, 3.8) is 0 Å². The molecule has 0 saturated carbocycles. The first-order valence-electron chi connectivity index (χ1n) is 16.6. The Bertz CT molecular complexity index is 1960. The zero-order valence-electron chi connectivity index (χ0n) is 28.6. The first-order valence-corrected chi connectivity index (χ1v) is 20.3. The van der Waals surface area contributed by atoms with Crippen LogP contribution in [0.25, 0.3) is 33.5 Å². The maximum atomic E-state index is 12.1. The van der Waals surface area contributed by atoms with Gasteiger partial charge in [-0.1, -0.05) is 12.1 Å². The number of sulfonamides is 1. The van der Waals surface area contributed by atoms with Gasteiger partial charge in [-0.3, -0.25) is 9.80 Å². The summed E-state index contributed by atoms with van der Waals surface area (Å²) < 4.78 is 51.6. The molecule has 0 spiro atoms. The van der Waals surface area contributed by atoms with Crippen molar-refractivity contribution in [3.8, 4) is 22.5 Å². The zero-order valence-corrected chi connectivity index (χ0v) is 30.2. The van der Waals surface area contributed by atoms with Gasteiger partial charge in [0.2, 0.25) is 10.0 Å². The first-order chi connectivity index (χ1) is 22.8. The van der Waals surface area contributed by atoms with E-state index >= 15 is 0 Å². The van der Waals surface area contributed by atoms with Crippen LogP contribution >= 0.6 is 0 Å². The average Bonchev–Trinajstić information content (AvgIpc) is 3.40. The van der Waals surface area contributed by atoms with Crippen molar-refractivity contribution in [3.05, 3.63) is 60.7 Å². The van der Waals surface area contributed by atoms with Gasteiger partial charge in [0, 0.05) is 96.0 Å². The number of hydrogen-bond donors (Lipinski definition) is 1. The molecule has 258 valence electrons. The number of benzene rings is 3. The van der Waals surface area contributed by atoms with Crippen molar-refractivity contribution in [1.29, 1.82) is 0 Å². The molecule has 0 unspecified atom stereocenters. The number of imidazole rings is 1. The van der Waals surface area contributed by atoms with Crippen LogP contribution in [0.4, 0.5) is 11.4 Å². The van der Waals surface area contributed by atoms with Crippen molar-refractivity contribution in [2.75, 3.05) is 88.2 Å². The summed E-state index contributed by atoms with van der Waals surface area (Å²) in [7, 11) is -4.49. The van der Waals surface area contributed by atoms with Crippen LogP contribution in [0.5, 0.6) is 0 Å².